The summed E-state index contributed by atoms with van der Waals surface area (Å²) in [5.41, 5.74) is 0. The van der Waals surface area contributed by atoms with Crippen molar-refractivity contribution in [2.75, 3.05) is 26.9 Å². The van der Waals surface area contributed by atoms with Crippen molar-refractivity contribution in [1.29, 1.82) is 5.26 Å². The molecule has 1 aliphatic rings. The van der Waals surface area contributed by atoms with E-state index in [2.05, 4.69) is 11.4 Å². The quantitative estimate of drug-likeness (QED) is 0.682. The van der Waals surface area contributed by atoms with Crippen molar-refractivity contribution in [2.24, 2.45) is 0 Å². The SMILES string of the molecule is CNC(C#N)COC1CCOCC1. The lowest BCUT2D eigenvalue weighted by atomic mass is 10.1. The number of hydrogen-bond acceptors (Lipinski definition) is 4. The minimum Gasteiger partial charge on any atom is -0.381 e. The summed E-state index contributed by atoms with van der Waals surface area (Å²) in [6.07, 6.45) is 2.17. The van der Waals surface area contributed by atoms with Gasteiger partial charge in [-0.3, -0.25) is 0 Å². The molecule has 0 aliphatic carbocycles. The first-order valence-corrected chi connectivity index (χ1v) is 4.63. The van der Waals surface area contributed by atoms with Crippen LogP contribution in [0.4, 0.5) is 0 Å². The number of hydrogen-bond donors (Lipinski definition) is 1. The molecule has 0 aromatic heterocycles. The number of likely N-dealkylation sites (N-methyl/N-ethyl adjacent to an activating group) is 1. The summed E-state index contributed by atoms with van der Waals surface area (Å²) in [5.74, 6) is 0. The topological polar surface area (TPSA) is 54.3 Å². The summed E-state index contributed by atoms with van der Waals surface area (Å²) >= 11 is 0. The van der Waals surface area contributed by atoms with Crippen LogP contribution < -0.4 is 5.32 Å². The Kier molecular flexibility index (Phi) is 4.76. The molecular weight excluding hydrogens is 168 g/mol. The predicted molar refractivity (Wildman–Crippen MR) is 48.3 cm³/mol. The van der Waals surface area contributed by atoms with Crippen molar-refractivity contribution in [3.05, 3.63) is 0 Å². The van der Waals surface area contributed by atoms with Gasteiger partial charge in [0.2, 0.25) is 0 Å². The van der Waals surface area contributed by atoms with Crippen molar-refractivity contribution in [2.45, 2.75) is 25.0 Å². The van der Waals surface area contributed by atoms with Gasteiger partial charge in [0.05, 0.1) is 18.8 Å². The molecule has 0 aromatic carbocycles. The minimum atomic E-state index is -0.192. The van der Waals surface area contributed by atoms with Crippen molar-refractivity contribution in [1.82, 2.24) is 5.32 Å². The highest BCUT2D eigenvalue weighted by Gasteiger charge is 2.15. The van der Waals surface area contributed by atoms with Crippen LogP contribution in [-0.2, 0) is 9.47 Å². The van der Waals surface area contributed by atoms with Gasteiger partial charge in [0.1, 0.15) is 6.04 Å². The highest BCUT2D eigenvalue weighted by Crippen LogP contribution is 2.10. The van der Waals surface area contributed by atoms with Gasteiger partial charge in [0.15, 0.2) is 0 Å². The molecule has 1 unspecified atom stereocenters. The van der Waals surface area contributed by atoms with Crippen LogP contribution in [0.3, 0.4) is 0 Å². The van der Waals surface area contributed by atoms with Gasteiger partial charge in [-0.05, 0) is 19.9 Å². The second kappa shape index (κ2) is 5.92. The van der Waals surface area contributed by atoms with E-state index >= 15 is 0 Å². The van der Waals surface area contributed by atoms with Crippen molar-refractivity contribution in [3.63, 3.8) is 0 Å². The number of ether oxygens (including phenoxy) is 2. The van der Waals surface area contributed by atoms with Crippen LogP contribution in [0.15, 0.2) is 0 Å². The second-order valence-electron chi connectivity index (χ2n) is 3.12. The molecule has 74 valence electrons. The van der Waals surface area contributed by atoms with Crippen molar-refractivity contribution < 1.29 is 9.47 Å². The Bertz CT molecular complexity index is 173. The van der Waals surface area contributed by atoms with E-state index in [0.717, 1.165) is 26.1 Å². The van der Waals surface area contributed by atoms with E-state index in [-0.39, 0.29) is 12.1 Å². The maximum Gasteiger partial charge on any atom is 0.119 e. The van der Waals surface area contributed by atoms with Crippen LogP contribution in [0.1, 0.15) is 12.8 Å². The molecule has 0 radical (unpaired) electrons. The average molecular weight is 184 g/mol. The Morgan fingerprint density at radius 1 is 1.62 bits per heavy atom. The van der Waals surface area contributed by atoms with Crippen LogP contribution >= 0.6 is 0 Å². The van der Waals surface area contributed by atoms with E-state index in [1.165, 1.54) is 0 Å². The van der Waals surface area contributed by atoms with Gasteiger partial charge in [0.25, 0.3) is 0 Å². The zero-order chi connectivity index (χ0) is 9.52. The van der Waals surface area contributed by atoms with Gasteiger partial charge in [-0.25, -0.2) is 0 Å². The highest BCUT2D eigenvalue weighted by atomic mass is 16.5. The lowest BCUT2D eigenvalue weighted by molar-refractivity contribution is -0.0341. The highest BCUT2D eigenvalue weighted by molar-refractivity contribution is 4.88. The molecule has 1 heterocycles. The molecule has 4 nitrogen and oxygen atoms in total. The summed E-state index contributed by atoms with van der Waals surface area (Å²) in [6, 6.07) is 1.93. The molecule has 13 heavy (non-hydrogen) atoms. The Balaban J connectivity index is 2.13. The lowest BCUT2D eigenvalue weighted by Gasteiger charge is -2.23. The fourth-order valence-corrected chi connectivity index (χ4v) is 1.26. The third-order valence-corrected chi connectivity index (χ3v) is 2.17. The molecule has 1 rings (SSSR count). The Labute approximate surface area is 78.8 Å². The summed E-state index contributed by atoms with van der Waals surface area (Å²) in [7, 11) is 1.77. The predicted octanol–water partition coefficient (Wildman–Crippen LogP) is 0.294. The van der Waals surface area contributed by atoms with E-state index < -0.39 is 0 Å². The van der Waals surface area contributed by atoms with E-state index in [1.807, 2.05) is 0 Å². The Morgan fingerprint density at radius 2 is 2.31 bits per heavy atom. The van der Waals surface area contributed by atoms with E-state index in [1.54, 1.807) is 7.05 Å². The molecule has 1 saturated heterocycles. The number of rotatable bonds is 4. The molecular formula is C9H16N2O2. The molecule has 0 spiro atoms. The minimum absolute atomic E-state index is 0.192. The zero-order valence-electron chi connectivity index (χ0n) is 7.95. The average Bonchev–Trinajstić information content (AvgIpc) is 2.21. The molecule has 1 aliphatic heterocycles. The first kappa shape index (κ1) is 10.5. The summed E-state index contributed by atoms with van der Waals surface area (Å²) in [5, 5.41) is 11.5. The molecule has 0 saturated carbocycles. The summed E-state index contributed by atoms with van der Waals surface area (Å²) < 4.78 is 10.8. The summed E-state index contributed by atoms with van der Waals surface area (Å²) in [4.78, 5) is 0. The second-order valence-corrected chi connectivity index (χ2v) is 3.12. The standard InChI is InChI=1S/C9H16N2O2/c1-11-8(6-10)7-13-9-2-4-12-5-3-9/h8-9,11H,2-5,7H2,1H3. The third-order valence-electron chi connectivity index (χ3n) is 2.17. The fourth-order valence-electron chi connectivity index (χ4n) is 1.26. The largest absolute Gasteiger partial charge is 0.381 e. The van der Waals surface area contributed by atoms with E-state index in [9.17, 15) is 0 Å². The van der Waals surface area contributed by atoms with Crippen molar-refractivity contribution >= 4 is 0 Å². The van der Waals surface area contributed by atoms with Gasteiger partial charge in [-0.1, -0.05) is 0 Å². The van der Waals surface area contributed by atoms with Crippen LogP contribution in [0.5, 0.6) is 0 Å². The monoisotopic (exact) mass is 184 g/mol. The Hall–Kier alpha value is -0.630. The third kappa shape index (κ3) is 3.73. The van der Waals surface area contributed by atoms with Crippen molar-refractivity contribution in [3.8, 4) is 6.07 Å². The van der Waals surface area contributed by atoms with Gasteiger partial charge >= 0.3 is 0 Å². The van der Waals surface area contributed by atoms with Crippen LogP contribution in [-0.4, -0.2) is 39.0 Å². The molecule has 4 heteroatoms. The van der Waals surface area contributed by atoms with E-state index in [4.69, 9.17) is 14.7 Å². The maximum atomic E-state index is 8.64. The molecule has 0 bridgehead atoms. The first-order valence-electron chi connectivity index (χ1n) is 4.63. The molecule has 0 aromatic rings. The maximum absolute atomic E-state index is 8.64. The number of nitrogens with one attached hydrogen (secondary N) is 1. The van der Waals surface area contributed by atoms with Gasteiger partial charge < -0.3 is 14.8 Å². The van der Waals surface area contributed by atoms with Crippen LogP contribution in [0.25, 0.3) is 0 Å². The fraction of sp³-hybridized carbons (Fsp3) is 0.889. The lowest BCUT2D eigenvalue weighted by Crippen LogP contribution is -2.32. The molecule has 1 fully saturated rings. The molecule has 0 amide bonds. The van der Waals surface area contributed by atoms with Crippen LogP contribution in [0.2, 0.25) is 0 Å². The molecule has 1 N–H and O–H groups in total. The van der Waals surface area contributed by atoms with E-state index in [0.29, 0.717) is 6.61 Å². The number of nitriles is 1. The van der Waals surface area contributed by atoms with Gasteiger partial charge in [-0.15, -0.1) is 0 Å². The normalized spacial score (nSPS) is 20.9. The Morgan fingerprint density at radius 3 is 2.85 bits per heavy atom. The van der Waals surface area contributed by atoms with Gasteiger partial charge in [0, 0.05) is 13.2 Å². The smallest absolute Gasteiger partial charge is 0.119 e. The van der Waals surface area contributed by atoms with Gasteiger partial charge in [-0.2, -0.15) is 5.26 Å². The first-order chi connectivity index (χ1) is 6.36. The number of nitrogens with zero attached hydrogens (tertiary/aromatic N) is 1. The summed E-state index contributed by atoms with van der Waals surface area (Å²) in [6.45, 7) is 2.03. The zero-order valence-corrected chi connectivity index (χ0v) is 7.95. The molecule has 1 atom stereocenters. The van der Waals surface area contributed by atoms with Crippen LogP contribution in [0, 0.1) is 11.3 Å².